The first kappa shape index (κ1) is 20.0. The van der Waals surface area contributed by atoms with Crippen LogP contribution in [0.1, 0.15) is 48.0 Å². The third-order valence-corrected chi connectivity index (χ3v) is 7.09. The average Bonchev–Trinajstić information content (AvgIpc) is 2.93. The van der Waals surface area contributed by atoms with E-state index in [1.807, 2.05) is 53.4 Å². The molecule has 0 aromatic heterocycles. The topological polar surface area (TPSA) is 57.7 Å². The second-order valence-corrected chi connectivity index (χ2v) is 9.01. The van der Waals surface area contributed by atoms with Crippen molar-refractivity contribution in [3.63, 3.8) is 0 Å². The van der Waals surface area contributed by atoms with Crippen LogP contribution in [0.25, 0.3) is 11.1 Å². The van der Waals surface area contributed by atoms with Gasteiger partial charge in [0.05, 0.1) is 0 Å². The van der Waals surface area contributed by atoms with Gasteiger partial charge in [-0.2, -0.15) is 0 Å². The number of amides is 2. The lowest BCUT2D eigenvalue weighted by Crippen LogP contribution is -2.59. The highest BCUT2D eigenvalue weighted by Gasteiger charge is 2.41. The van der Waals surface area contributed by atoms with Crippen molar-refractivity contribution in [1.82, 2.24) is 9.80 Å². The molecule has 1 aliphatic carbocycles. The number of rotatable bonds is 2. The van der Waals surface area contributed by atoms with E-state index < -0.39 is 6.04 Å². The molecule has 2 aromatic carbocycles. The van der Waals surface area contributed by atoms with Crippen molar-refractivity contribution in [2.75, 3.05) is 19.6 Å². The summed E-state index contributed by atoms with van der Waals surface area (Å²) in [5.41, 5.74) is 3.43. The van der Waals surface area contributed by atoms with Gasteiger partial charge in [0.2, 0.25) is 5.91 Å². The molecule has 1 atom stereocenters. The Balaban J connectivity index is 1.39. The first-order chi connectivity index (χ1) is 15.1. The van der Waals surface area contributed by atoms with Crippen LogP contribution in [-0.2, 0) is 16.0 Å². The van der Waals surface area contributed by atoms with Gasteiger partial charge >= 0.3 is 0 Å². The lowest BCUT2D eigenvalue weighted by atomic mass is 9.88. The summed E-state index contributed by atoms with van der Waals surface area (Å²) >= 11 is 0. The number of ketones is 1. The highest BCUT2D eigenvalue weighted by molar-refractivity contribution is 6.04. The number of carbonyl (C=O) groups excluding carboxylic acids is 3. The molecule has 0 bridgehead atoms. The van der Waals surface area contributed by atoms with Crippen LogP contribution >= 0.6 is 0 Å². The summed E-state index contributed by atoms with van der Waals surface area (Å²) in [6, 6.07) is 15.2. The van der Waals surface area contributed by atoms with E-state index in [1.54, 1.807) is 4.90 Å². The van der Waals surface area contributed by atoms with E-state index in [2.05, 4.69) is 0 Å². The molecule has 0 radical (unpaired) electrons. The fourth-order valence-corrected chi connectivity index (χ4v) is 5.31. The van der Waals surface area contributed by atoms with Crippen molar-refractivity contribution >= 4 is 17.6 Å². The molecule has 5 nitrogen and oxygen atoms in total. The number of Topliss-reactive ketones (excluding diaryl/α,β-unsaturated/α-hetero) is 1. The molecule has 2 aliphatic heterocycles. The molecule has 1 saturated carbocycles. The average molecular weight is 417 g/mol. The summed E-state index contributed by atoms with van der Waals surface area (Å²) in [6.45, 7) is 1.26. The number of hydrogen-bond acceptors (Lipinski definition) is 3. The molecule has 1 saturated heterocycles. The van der Waals surface area contributed by atoms with Crippen LogP contribution in [0.5, 0.6) is 0 Å². The van der Waals surface area contributed by atoms with Crippen molar-refractivity contribution in [3.05, 3.63) is 59.7 Å². The molecule has 5 heteroatoms. The van der Waals surface area contributed by atoms with Crippen LogP contribution in [0.15, 0.2) is 48.5 Å². The monoisotopic (exact) mass is 416 g/mol. The molecule has 0 spiro atoms. The van der Waals surface area contributed by atoms with Gasteiger partial charge in [0.1, 0.15) is 6.04 Å². The highest BCUT2D eigenvalue weighted by atomic mass is 16.2. The molecule has 31 heavy (non-hydrogen) atoms. The van der Waals surface area contributed by atoms with Crippen LogP contribution < -0.4 is 0 Å². The number of hydrogen-bond donors (Lipinski definition) is 0. The Morgan fingerprint density at radius 3 is 2.42 bits per heavy atom. The van der Waals surface area contributed by atoms with Gasteiger partial charge in [0, 0.05) is 37.5 Å². The highest BCUT2D eigenvalue weighted by Crippen LogP contribution is 2.30. The fraction of sp³-hybridized carbons (Fsp3) is 0.423. The maximum atomic E-state index is 13.4. The minimum atomic E-state index is -0.540. The van der Waals surface area contributed by atoms with Crippen LogP contribution in [0.2, 0.25) is 0 Å². The van der Waals surface area contributed by atoms with E-state index in [0.29, 0.717) is 25.2 Å². The Morgan fingerprint density at radius 2 is 1.65 bits per heavy atom. The summed E-state index contributed by atoms with van der Waals surface area (Å²) in [7, 11) is 0. The molecular weight excluding hydrogens is 388 g/mol. The summed E-state index contributed by atoms with van der Waals surface area (Å²) in [6.07, 6.45) is 5.56. The molecule has 2 aromatic rings. The van der Waals surface area contributed by atoms with E-state index in [4.69, 9.17) is 0 Å². The minimum absolute atomic E-state index is 0.0284. The zero-order valence-corrected chi connectivity index (χ0v) is 17.8. The van der Waals surface area contributed by atoms with Gasteiger partial charge < -0.3 is 9.80 Å². The van der Waals surface area contributed by atoms with Crippen molar-refractivity contribution in [2.45, 2.75) is 44.6 Å². The third-order valence-electron chi connectivity index (χ3n) is 7.09. The van der Waals surface area contributed by atoms with E-state index in [9.17, 15) is 14.4 Å². The van der Waals surface area contributed by atoms with Crippen molar-refractivity contribution in [2.24, 2.45) is 5.92 Å². The fourth-order valence-electron chi connectivity index (χ4n) is 5.31. The Bertz CT molecular complexity index is 1010. The molecule has 160 valence electrons. The first-order valence-corrected chi connectivity index (χ1v) is 11.4. The molecular formula is C26H28N2O3. The first-order valence-electron chi connectivity index (χ1n) is 11.4. The summed E-state index contributed by atoms with van der Waals surface area (Å²) < 4.78 is 0. The number of benzene rings is 2. The lowest BCUT2D eigenvalue weighted by Gasteiger charge is -2.41. The third kappa shape index (κ3) is 3.78. The molecule has 5 rings (SSSR count). The second-order valence-electron chi connectivity index (χ2n) is 9.01. The molecule has 2 fully saturated rings. The maximum absolute atomic E-state index is 13.4. The molecule has 2 heterocycles. The van der Waals surface area contributed by atoms with E-state index in [-0.39, 0.29) is 29.9 Å². The smallest absolute Gasteiger partial charge is 0.254 e. The Labute approximate surface area is 183 Å². The van der Waals surface area contributed by atoms with Gasteiger partial charge in [-0.15, -0.1) is 0 Å². The van der Waals surface area contributed by atoms with Gasteiger partial charge in [-0.05, 0) is 35.6 Å². The van der Waals surface area contributed by atoms with E-state index >= 15 is 0 Å². The summed E-state index contributed by atoms with van der Waals surface area (Å²) in [5, 5.41) is 0. The summed E-state index contributed by atoms with van der Waals surface area (Å²) in [4.78, 5) is 43.1. The Kier molecular flexibility index (Phi) is 5.34. The molecule has 0 unspecified atom stereocenters. The van der Waals surface area contributed by atoms with Gasteiger partial charge in [-0.3, -0.25) is 14.4 Å². The van der Waals surface area contributed by atoms with Crippen LogP contribution in [0, 0.1) is 5.92 Å². The number of fused-ring (bicyclic) bond motifs is 2. The number of carbonyl (C=O) groups is 3. The van der Waals surface area contributed by atoms with Crippen molar-refractivity contribution < 1.29 is 14.4 Å². The zero-order valence-electron chi connectivity index (χ0n) is 17.8. The molecule has 2 amide bonds. The van der Waals surface area contributed by atoms with Crippen molar-refractivity contribution in [1.29, 1.82) is 0 Å². The minimum Gasteiger partial charge on any atom is -0.338 e. The zero-order chi connectivity index (χ0) is 21.4. The Morgan fingerprint density at radius 1 is 0.871 bits per heavy atom. The van der Waals surface area contributed by atoms with Gasteiger partial charge in [-0.1, -0.05) is 61.7 Å². The van der Waals surface area contributed by atoms with E-state index in [0.717, 1.165) is 42.4 Å². The Hall–Kier alpha value is -2.95. The molecule has 3 aliphatic rings. The van der Waals surface area contributed by atoms with Crippen LogP contribution in [0.4, 0.5) is 0 Å². The van der Waals surface area contributed by atoms with E-state index in [1.165, 1.54) is 6.42 Å². The number of nitrogens with zero attached hydrogens (tertiary/aromatic N) is 2. The normalized spacial score (nSPS) is 22.0. The predicted octanol–water partition coefficient (Wildman–Crippen LogP) is 3.71. The maximum Gasteiger partial charge on any atom is 0.254 e. The van der Waals surface area contributed by atoms with Gasteiger partial charge in [0.25, 0.3) is 5.91 Å². The van der Waals surface area contributed by atoms with Crippen LogP contribution in [-0.4, -0.2) is 53.1 Å². The standard InChI is InChI=1S/C26H28N2O3/c29-24-16-21-12-11-20(18-7-3-1-4-8-18)15-22(21)26(31)28-14-13-27(17-23(24)28)25(30)19-9-5-2-6-10-19/h1,3-4,7-8,11-12,15,19,23H,2,5-6,9-10,13-14,16-17H2/t23-/m1/s1. The van der Waals surface area contributed by atoms with Gasteiger partial charge in [-0.25, -0.2) is 0 Å². The largest absolute Gasteiger partial charge is 0.338 e. The quantitative estimate of drug-likeness (QED) is 0.750. The SMILES string of the molecule is O=C1Cc2ccc(-c3ccccc3)cc2C(=O)N2CCN(C(=O)C3CCCCC3)C[C@H]12. The summed E-state index contributed by atoms with van der Waals surface area (Å²) in [5.74, 6) is 0.198. The van der Waals surface area contributed by atoms with Gasteiger partial charge in [0.15, 0.2) is 5.78 Å². The molecule has 0 N–H and O–H groups in total. The number of piperazine rings is 1. The lowest BCUT2D eigenvalue weighted by molar-refractivity contribution is -0.140. The van der Waals surface area contributed by atoms with Crippen LogP contribution in [0.3, 0.4) is 0 Å². The predicted molar refractivity (Wildman–Crippen MR) is 119 cm³/mol. The van der Waals surface area contributed by atoms with Crippen molar-refractivity contribution in [3.8, 4) is 11.1 Å². The second kappa shape index (κ2) is 8.29.